The van der Waals surface area contributed by atoms with Crippen LogP contribution in [-0.4, -0.2) is 28.8 Å². The van der Waals surface area contributed by atoms with E-state index in [9.17, 15) is 4.79 Å². The van der Waals surface area contributed by atoms with Crippen LogP contribution in [0.4, 0.5) is 16.2 Å². The second kappa shape index (κ2) is 8.63. The Morgan fingerprint density at radius 3 is 2.44 bits per heavy atom. The van der Waals surface area contributed by atoms with Gasteiger partial charge in [0.2, 0.25) is 0 Å². The lowest BCUT2D eigenvalue weighted by molar-refractivity contribution is 0.171. The quantitative estimate of drug-likeness (QED) is 0.480. The number of imidazole rings is 1. The summed E-state index contributed by atoms with van der Waals surface area (Å²) in [5.41, 5.74) is 4.73. The molecule has 2 amide bonds. The van der Waals surface area contributed by atoms with Crippen LogP contribution < -0.4 is 20.1 Å². The Kier molecular flexibility index (Phi) is 5.37. The van der Waals surface area contributed by atoms with Crippen molar-refractivity contribution in [3.05, 3.63) is 78.1 Å². The van der Waals surface area contributed by atoms with E-state index < -0.39 is 0 Å². The average Bonchev–Trinajstić information content (AvgIpc) is 3.14. The number of carbonyl (C=O) groups is 1. The van der Waals surface area contributed by atoms with E-state index in [4.69, 9.17) is 14.5 Å². The molecule has 162 valence electrons. The van der Waals surface area contributed by atoms with Crippen molar-refractivity contribution in [3.63, 3.8) is 0 Å². The fourth-order valence-corrected chi connectivity index (χ4v) is 3.84. The number of para-hydroxylation sites is 2. The number of amides is 2. The molecule has 1 aromatic heterocycles. The summed E-state index contributed by atoms with van der Waals surface area (Å²) in [6.45, 7) is 1.04. The fraction of sp³-hybridized carbons (Fsp3) is 0.200. The van der Waals surface area contributed by atoms with Crippen molar-refractivity contribution >= 4 is 28.4 Å². The zero-order chi connectivity index (χ0) is 21.9. The minimum Gasteiger partial charge on any atom is -0.486 e. The van der Waals surface area contributed by atoms with E-state index in [1.807, 2.05) is 42.5 Å². The van der Waals surface area contributed by atoms with Gasteiger partial charge in [-0.1, -0.05) is 24.3 Å². The zero-order valence-corrected chi connectivity index (χ0v) is 17.8. The lowest BCUT2D eigenvalue weighted by Crippen LogP contribution is -2.20. The second-order valence-corrected chi connectivity index (χ2v) is 7.71. The standard InChI is InChI=1S/C25H24N4O3/c1-29-21-5-3-2-4-20(21)28-24(29)13-8-17-6-9-18(10-7-17)26-25(30)27-19-11-12-22-23(16-19)32-15-14-31-22/h2-7,9-12,16H,8,13-15H2,1H3,(H2,26,27,30). The van der Waals surface area contributed by atoms with Crippen LogP contribution in [0.25, 0.3) is 11.0 Å². The summed E-state index contributed by atoms with van der Waals surface area (Å²) >= 11 is 0. The number of aryl methyl sites for hydroxylation is 3. The van der Waals surface area contributed by atoms with Crippen molar-refractivity contribution < 1.29 is 14.3 Å². The van der Waals surface area contributed by atoms with Crippen molar-refractivity contribution in [3.8, 4) is 11.5 Å². The number of hydrogen-bond donors (Lipinski definition) is 2. The Labute approximate surface area is 186 Å². The predicted molar refractivity (Wildman–Crippen MR) is 125 cm³/mol. The number of benzene rings is 3. The number of nitrogens with one attached hydrogen (secondary N) is 2. The van der Waals surface area contributed by atoms with Crippen molar-refractivity contribution in [1.29, 1.82) is 0 Å². The fourth-order valence-electron chi connectivity index (χ4n) is 3.84. The van der Waals surface area contributed by atoms with E-state index >= 15 is 0 Å². The van der Waals surface area contributed by atoms with Crippen LogP contribution in [0.5, 0.6) is 11.5 Å². The third-order valence-electron chi connectivity index (χ3n) is 5.53. The molecule has 7 heteroatoms. The van der Waals surface area contributed by atoms with E-state index in [0.29, 0.717) is 30.4 Å². The second-order valence-electron chi connectivity index (χ2n) is 7.71. The lowest BCUT2D eigenvalue weighted by Gasteiger charge is -2.19. The molecule has 0 unspecified atom stereocenters. The van der Waals surface area contributed by atoms with E-state index in [2.05, 4.69) is 28.3 Å². The van der Waals surface area contributed by atoms with Gasteiger partial charge < -0.3 is 24.7 Å². The van der Waals surface area contributed by atoms with Crippen LogP contribution in [0.3, 0.4) is 0 Å². The van der Waals surface area contributed by atoms with E-state index in [1.54, 1.807) is 18.2 Å². The number of anilines is 2. The smallest absolute Gasteiger partial charge is 0.323 e. The van der Waals surface area contributed by atoms with Gasteiger partial charge in [-0.2, -0.15) is 0 Å². The molecule has 0 radical (unpaired) electrons. The first-order valence-electron chi connectivity index (χ1n) is 10.6. The molecule has 1 aliphatic rings. The Morgan fingerprint density at radius 1 is 0.906 bits per heavy atom. The lowest BCUT2D eigenvalue weighted by atomic mass is 10.1. The van der Waals surface area contributed by atoms with Crippen LogP contribution in [0.1, 0.15) is 11.4 Å². The summed E-state index contributed by atoms with van der Waals surface area (Å²) in [6.07, 6.45) is 1.73. The minimum absolute atomic E-state index is 0.311. The number of hydrogen-bond acceptors (Lipinski definition) is 4. The molecular weight excluding hydrogens is 404 g/mol. The third kappa shape index (κ3) is 4.23. The molecule has 5 rings (SSSR count). The van der Waals surface area contributed by atoms with Crippen molar-refractivity contribution in [1.82, 2.24) is 9.55 Å². The van der Waals surface area contributed by atoms with Gasteiger partial charge in [0.1, 0.15) is 19.0 Å². The maximum absolute atomic E-state index is 12.4. The molecular formula is C25H24N4O3. The molecule has 2 N–H and O–H groups in total. The molecule has 0 fully saturated rings. The summed E-state index contributed by atoms with van der Waals surface area (Å²) in [5.74, 6) is 2.39. The molecule has 0 bridgehead atoms. The predicted octanol–water partition coefficient (Wildman–Crippen LogP) is 4.77. The maximum Gasteiger partial charge on any atom is 0.323 e. The van der Waals surface area contributed by atoms with Crippen LogP contribution in [-0.2, 0) is 19.9 Å². The van der Waals surface area contributed by atoms with Gasteiger partial charge in [-0.25, -0.2) is 9.78 Å². The van der Waals surface area contributed by atoms with E-state index in [1.165, 1.54) is 5.56 Å². The first kappa shape index (κ1) is 19.9. The molecule has 7 nitrogen and oxygen atoms in total. The third-order valence-corrected chi connectivity index (χ3v) is 5.53. The van der Waals surface area contributed by atoms with Gasteiger partial charge in [0.05, 0.1) is 11.0 Å². The summed E-state index contributed by atoms with van der Waals surface area (Å²) in [6, 6.07) is 21.1. The number of aromatic nitrogens is 2. The molecule has 0 spiro atoms. The summed E-state index contributed by atoms with van der Waals surface area (Å²) in [4.78, 5) is 17.1. The monoisotopic (exact) mass is 428 g/mol. The van der Waals surface area contributed by atoms with Gasteiger partial charge in [0.25, 0.3) is 0 Å². The number of nitrogens with zero attached hydrogens (tertiary/aromatic N) is 2. The molecule has 0 aliphatic carbocycles. The number of carbonyl (C=O) groups excluding carboxylic acids is 1. The van der Waals surface area contributed by atoms with Gasteiger partial charge >= 0.3 is 6.03 Å². The highest BCUT2D eigenvalue weighted by Crippen LogP contribution is 2.32. The Morgan fingerprint density at radius 2 is 1.62 bits per heavy atom. The highest BCUT2D eigenvalue weighted by atomic mass is 16.6. The molecule has 2 heterocycles. The maximum atomic E-state index is 12.4. The first-order chi connectivity index (χ1) is 15.7. The molecule has 4 aromatic rings. The van der Waals surface area contributed by atoms with Crippen LogP contribution in [0, 0.1) is 0 Å². The van der Waals surface area contributed by atoms with E-state index in [-0.39, 0.29) is 6.03 Å². The highest BCUT2D eigenvalue weighted by Gasteiger charge is 2.13. The normalized spacial score (nSPS) is 12.5. The van der Waals surface area contributed by atoms with Gasteiger partial charge in [0.15, 0.2) is 11.5 Å². The molecule has 0 saturated heterocycles. The Balaban J connectivity index is 1.17. The molecule has 32 heavy (non-hydrogen) atoms. The molecule has 3 aromatic carbocycles. The van der Waals surface area contributed by atoms with Crippen molar-refractivity contribution in [2.45, 2.75) is 12.8 Å². The van der Waals surface area contributed by atoms with Crippen LogP contribution in [0.2, 0.25) is 0 Å². The van der Waals surface area contributed by atoms with Gasteiger partial charge in [0, 0.05) is 30.9 Å². The van der Waals surface area contributed by atoms with Gasteiger partial charge in [-0.05, 0) is 48.4 Å². The highest BCUT2D eigenvalue weighted by molar-refractivity contribution is 5.99. The molecule has 0 atom stereocenters. The topological polar surface area (TPSA) is 77.4 Å². The molecule has 1 aliphatic heterocycles. The number of ether oxygens (including phenoxy) is 2. The van der Waals surface area contributed by atoms with Crippen molar-refractivity contribution in [2.24, 2.45) is 7.05 Å². The summed E-state index contributed by atoms with van der Waals surface area (Å²) < 4.78 is 13.2. The SMILES string of the molecule is Cn1c(CCc2ccc(NC(=O)Nc3ccc4c(c3)OCCO4)cc2)nc2ccccc21. The zero-order valence-electron chi connectivity index (χ0n) is 17.8. The number of rotatable bonds is 5. The van der Waals surface area contributed by atoms with Gasteiger partial charge in [-0.3, -0.25) is 0 Å². The minimum atomic E-state index is -0.311. The largest absolute Gasteiger partial charge is 0.486 e. The summed E-state index contributed by atoms with van der Waals surface area (Å²) in [7, 11) is 2.05. The van der Waals surface area contributed by atoms with Gasteiger partial charge in [-0.15, -0.1) is 0 Å². The first-order valence-corrected chi connectivity index (χ1v) is 10.6. The Hall–Kier alpha value is -4.00. The van der Waals surface area contributed by atoms with Crippen LogP contribution in [0.15, 0.2) is 66.7 Å². The molecule has 0 saturated carbocycles. The average molecular weight is 428 g/mol. The number of fused-ring (bicyclic) bond motifs is 2. The Bertz CT molecular complexity index is 1260. The van der Waals surface area contributed by atoms with E-state index in [0.717, 1.165) is 35.4 Å². The number of urea groups is 1. The van der Waals surface area contributed by atoms with Crippen molar-refractivity contribution in [2.75, 3.05) is 23.8 Å². The summed E-state index contributed by atoms with van der Waals surface area (Å²) in [5, 5.41) is 5.68. The van der Waals surface area contributed by atoms with Crippen LogP contribution >= 0.6 is 0 Å².